The molecule has 3 aromatic rings. The number of amides is 1. The second-order valence-corrected chi connectivity index (χ2v) is 6.83. The average molecular weight is 403 g/mol. The second-order valence-electron chi connectivity index (χ2n) is 6.83. The van der Waals surface area contributed by atoms with Crippen LogP contribution in [0.15, 0.2) is 53.5 Å². The van der Waals surface area contributed by atoms with Gasteiger partial charge in [-0.25, -0.2) is 4.98 Å². The zero-order valence-electron chi connectivity index (χ0n) is 15.3. The molecule has 0 bridgehead atoms. The van der Waals surface area contributed by atoms with E-state index in [0.717, 1.165) is 12.3 Å². The van der Waals surface area contributed by atoms with Crippen molar-refractivity contribution in [3.05, 3.63) is 70.1 Å². The van der Waals surface area contributed by atoms with Crippen molar-refractivity contribution in [2.45, 2.75) is 6.18 Å². The molecule has 0 unspecified atom stereocenters. The van der Waals surface area contributed by atoms with Crippen LogP contribution in [-0.2, 0) is 6.18 Å². The Kier molecular flexibility index (Phi) is 4.73. The number of carbonyl (C=O) groups excluding carboxylic acids is 1. The largest absolute Gasteiger partial charge is 0.419 e. The van der Waals surface area contributed by atoms with E-state index in [2.05, 4.69) is 9.97 Å². The summed E-state index contributed by atoms with van der Waals surface area (Å²) in [5.74, 6) is 0.329. The SMILES string of the molecule is O=C(c1cc(=O)[nH]c2ccccc12)N1CCN(c2ccc(C(F)(F)F)c[nH+]2)CC1. The van der Waals surface area contributed by atoms with Crippen LogP contribution in [0.2, 0.25) is 0 Å². The first-order valence-electron chi connectivity index (χ1n) is 9.08. The monoisotopic (exact) mass is 403 g/mol. The molecule has 0 aliphatic carbocycles. The van der Waals surface area contributed by atoms with Gasteiger partial charge in [-0.15, -0.1) is 0 Å². The zero-order chi connectivity index (χ0) is 20.6. The molecule has 9 heteroatoms. The summed E-state index contributed by atoms with van der Waals surface area (Å²) in [5.41, 5.74) is -0.137. The first-order valence-corrected chi connectivity index (χ1v) is 9.08. The van der Waals surface area contributed by atoms with Crippen LogP contribution in [0.3, 0.4) is 0 Å². The predicted octanol–water partition coefficient (Wildman–Crippen LogP) is 2.32. The van der Waals surface area contributed by atoms with Gasteiger partial charge in [-0.2, -0.15) is 13.2 Å². The van der Waals surface area contributed by atoms with Crippen LogP contribution in [0.4, 0.5) is 19.0 Å². The number of anilines is 1. The fourth-order valence-corrected chi connectivity index (χ4v) is 3.49. The van der Waals surface area contributed by atoms with E-state index in [-0.39, 0.29) is 11.5 Å². The van der Waals surface area contributed by atoms with Gasteiger partial charge in [0, 0.05) is 23.0 Å². The highest BCUT2D eigenvalue weighted by Crippen LogP contribution is 2.28. The number of benzene rings is 1. The van der Waals surface area contributed by atoms with E-state index in [1.54, 1.807) is 29.2 Å². The molecule has 0 atom stereocenters. The standard InChI is InChI=1S/C20H17F3N4O2/c21-20(22,23)13-5-6-17(24-12-13)26-7-9-27(10-8-26)19(29)15-11-18(28)25-16-4-2-1-3-14(15)16/h1-6,11-12H,7-10H2,(H,25,28)/p+1. The number of alkyl halides is 3. The molecule has 1 fully saturated rings. The third-order valence-corrected chi connectivity index (χ3v) is 5.01. The maximum atomic E-state index is 13.0. The van der Waals surface area contributed by atoms with E-state index in [9.17, 15) is 22.8 Å². The van der Waals surface area contributed by atoms with Crippen LogP contribution in [-0.4, -0.2) is 42.0 Å². The van der Waals surface area contributed by atoms with Crippen molar-refractivity contribution >= 4 is 22.6 Å². The number of fused-ring (bicyclic) bond motifs is 1. The molecule has 1 aliphatic heterocycles. The number of piperazine rings is 1. The van der Waals surface area contributed by atoms with Gasteiger partial charge in [0.15, 0.2) is 0 Å². The molecule has 4 rings (SSSR count). The van der Waals surface area contributed by atoms with E-state index in [0.29, 0.717) is 48.5 Å². The predicted molar refractivity (Wildman–Crippen MR) is 101 cm³/mol. The molecule has 1 saturated heterocycles. The molecule has 0 spiro atoms. The number of rotatable bonds is 2. The normalized spacial score (nSPS) is 15.0. The van der Waals surface area contributed by atoms with Crippen molar-refractivity contribution in [2.24, 2.45) is 0 Å². The van der Waals surface area contributed by atoms with E-state index in [4.69, 9.17) is 0 Å². The molecule has 29 heavy (non-hydrogen) atoms. The van der Waals surface area contributed by atoms with Crippen LogP contribution in [0, 0.1) is 0 Å². The van der Waals surface area contributed by atoms with Gasteiger partial charge in [-0.05, 0) is 12.1 Å². The quantitative estimate of drug-likeness (QED) is 0.714. The van der Waals surface area contributed by atoms with Crippen molar-refractivity contribution in [1.82, 2.24) is 9.88 Å². The number of hydrogen-bond acceptors (Lipinski definition) is 3. The molecular weight excluding hydrogens is 385 g/mol. The molecule has 2 N–H and O–H groups in total. The summed E-state index contributed by atoms with van der Waals surface area (Å²) < 4.78 is 38.1. The third kappa shape index (κ3) is 3.80. The Morgan fingerprint density at radius 3 is 2.41 bits per heavy atom. The van der Waals surface area contributed by atoms with E-state index in [1.807, 2.05) is 4.90 Å². The Morgan fingerprint density at radius 2 is 1.76 bits per heavy atom. The zero-order valence-corrected chi connectivity index (χ0v) is 15.3. The number of carbonyl (C=O) groups is 1. The highest BCUT2D eigenvalue weighted by Gasteiger charge is 2.33. The van der Waals surface area contributed by atoms with E-state index in [1.165, 1.54) is 12.1 Å². The maximum Gasteiger partial charge on any atom is 0.419 e. The Labute approximate surface area is 163 Å². The lowest BCUT2D eigenvalue weighted by Crippen LogP contribution is -2.50. The third-order valence-electron chi connectivity index (χ3n) is 5.01. The van der Waals surface area contributed by atoms with Crippen molar-refractivity contribution in [3.63, 3.8) is 0 Å². The highest BCUT2D eigenvalue weighted by molar-refractivity contribution is 6.06. The maximum absolute atomic E-state index is 13.0. The Bertz CT molecular complexity index is 1100. The first-order chi connectivity index (χ1) is 13.8. The number of nitrogens with one attached hydrogen (secondary N) is 2. The lowest BCUT2D eigenvalue weighted by molar-refractivity contribution is -0.367. The molecule has 3 heterocycles. The van der Waals surface area contributed by atoms with E-state index < -0.39 is 11.7 Å². The minimum atomic E-state index is -4.39. The van der Waals surface area contributed by atoms with Gasteiger partial charge < -0.3 is 9.88 Å². The van der Waals surface area contributed by atoms with Crippen molar-refractivity contribution in [2.75, 3.05) is 31.1 Å². The van der Waals surface area contributed by atoms with Gasteiger partial charge in [0.2, 0.25) is 5.56 Å². The summed E-state index contributed by atoms with van der Waals surface area (Å²) in [6.07, 6.45) is -3.45. The lowest BCUT2D eigenvalue weighted by atomic mass is 10.1. The molecule has 150 valence electrons. The van der Waals surface area contributed by atoms with Crippen molar-refractivity contribution in [3.8, 4) is 0 Å². The van der Waals surface area contributed by atoms with E-state index >= 15 is 0 Å². The second kappa shape index (κ2) is 7.23. The van der Waals surface area contributed by atoms with Crippen LogP contribution in [0.1, 0.15) is 15.9 Å². The molecule has 0 saturated carbocycles. The molecule has 1 amide bonds. The molecular formula is C20H18F3N4O2+. The Hall–Kier alpha value is -3.36. The van der Waals surface area contributed by atoms with Gasteiger partial charge in [0.25, 0.3) is 11.7 Å². The number of aromatic amines is 2. The molecule has 1 aromatic carbocycles. The summed E-state index contributed by atoms with van der Waals surface area (Å²) in [5, 5.41) is 0.676. The van der Waals surface area contributed by atoms with Crippen molar-refractivity contribution in [1.29, 1.82) is 0 Å². The number of para-hydroxylation sites is 1. The summed E-state index contributed by atoms with van der Waals surface area (Å²) in [6, 6.07) is 10.8. The van der Waals surface area contributed by atoms with Crippen LogP contribution in [0.5, 0.6) is 0 Å². The van der Waals surface area contributed by atoms with Gasteiger partial charge in [0.1, 0.15) is 19.3 Å². The lowest BCUT2D eigenvalue weighted by Gasteiger charge is -2.31. The Balaban J connectivity index is 1.49. The van der Waals surface area contributed by atoms with Gasteiger partial charge in [-0.1, -0.05) is 18.2 Å². The summed E-state index contributed by atoms with van der Waals surface area (Å²) in [6.45, 7) is 1.73. The van der Waals surface area contributed by atoms with Gasteiger partial charge in [0.05, 0.1) is 24.2 Å². The molecule has 0 radical (unpaired) electrons. The molecule has 6 nitrogen and oxygen atoms in total. The number of nitrogens with zero attached hydrogens (tertiary/aromatic N) is 2. The minimum Gasteiger partial charge on any atom is -0.331 e. The number of aromatic nitrogens is 2. The molecule has 2 aromatic heterocycles. The topological polar surface area (TPSA) is 70.6 Å². The fraction of sp³-hybridized carbons (Fsp3) is 0.250. The Morgan fingerprint density at radius 1 is 1.03 bits per heavy atom. The number of halogens is 3. The van der Waals surface area contributed by atoms with Crippen molar-refractivity contribution < 1.29 is 22.9 Å². The van der Waals surface area contributed by atoms with Crippen LogP contribution < -0.4 is 15.4 Å². The summed E-state index contributed by atoms with van der Waals surface area (Å²) >= 11 is 0. The first kappa shape index (κ1) is 19.0. The van der Waals surface area contributed by atoms with Crippen LogP contribution >= 0.6 is 0 Å². The molecule has 1 aliphatic rings. The summed E-state index contributed by atoms with van der Waals surface area (Å²) in [7, 11) is 0. The average Bonchev–Trinajstić information content (AvgIpc) is 2.72. The minimum absolute atomic E-state index is 0.233. The number of H-pyrrole nitrogens is 2. The number of pyridine rings is 2. The van der Waals surface area contributed by atoms with Gasteiger partial charge >= 0.3 is 6.18 Å². The highest BCUT2D eigenvalue weighted by atomic mass is 19.4. The summed E-state index contributed by atoms with van der Waals surface area (Å²) in [4.78, 5) is 33.8. The number of hydrogen-bond donors (Lipinski definition) is 1. The fourth-order valence-electron chi connectivity index (χ4n) is 3.49. The van der Waals surface area contributed by atoms with Gasteiger partial charge in [-0.3, -0.25) is 14.5 Å². The van der Waals surface area contributed by atoms with Crippen LogP contribution in [0.25, 0.3) is 10.9 Å². The smallest absolute Gasteiger partial charge is 0.331 e.